The van der Waals surface area contributed by atoms with E-state index in [1.165, 1.54) is 0 Å². The SMILES string of the molecule is CC(C)NC(CF)c1ccc(Cl)cc1. The Balaban J connectivity index is 2.73. The Morgan fingerprint density at radius 3 is 2.29 bits per heavy atom. The Morgan fingerprint density at radius 1 is 1.29 bits per heavy atom. The second kappa shape index (κ2) is 5.32. The highest BCUT2D eigenvalue weighted by molar-refractivity contribution is 6.30. The summed E-state index contributed by atoms with van der Waals surface area (Å²) in [5.41, 5.74) is 0.936. The summed E-state index contributed by atoms with van der Waals surface area (Å²) in [6.07, 6.45) is 0. The van der Waals surface area contributed by atoms with Gasteiger partial charge in [0.05, 0.1) is 6.04 Å². The first-order valence-corrected chi connectivity index (χ1v) is 5.08. The normalized spacial score (nSPS) is 13.2. The molecular formula is C11H15ClFN. The molecule has 0 aliphatic heterocycles. The van der Waals surface area contributed by atoms with Gasteiger partial charge in [-0.05, 0) is 17.7 Å². The summed E-state index contributed by atoms with van der Waals surface area (Å²) >= 11 is 5.75. The summed E-state index contributed by atoms with van der Waals surface area (Å²) in [6, 6.07) is 7.30. The molecule has 1 aromatic rings. The molecule has 3 heteroatoms. The molecule has 0 fully saturated rings. The van der Waals surface area contributed by atoms with Gasteiger partial charge in [0, 0.05) is 11.1 Å². The Hall–Kier alpha value is -0.600. The summed E-state index contributed by atoms with van der Waals surface area (Å²) in [5.74, 6) is 0. The first kappa shape index (κ1) is 11.5. The first-order valence-electron chi connectivity index (χ1n) is 4.71. The topological polar surface area (TPSA) is 12.0 Å². The van der Waals surface area contributed by atoms with Crippen molar-refractivity contribution in [1.29, 1.82) is 0 Å². The molecule has 1 unspecified atom stereocenters. The largest absolute Gasteiger partial charge is 0.306 e. The van der Waals surface area contributed by atoms with Crippen molar-refractivity contribution in [3.8, 4) is 0 Å². The molecule has 1 nitrogen and oxygen atoms in total. The molecule has 1 rings (SSSR count). The summed E-state index contributed by atoms with van der Waals surface area (Å²) in [4.78, 5) is 0. The van der Waals surface area contributed by atoms with Gasteiger partial charge in [-0.15, -0.1) is 0 Å². The Kier molecular flexibility index (Phi) is 4.36. The van der Waals surface area contributed by atoms with Crippen LogP contribution in [-0.4, -0.2) is 12.7 Å². The maximum Gasteiger partial charge on any atom is 0.109 e. The number of hydrogen-bond donors (Lipinski definition) is 1. The van der Waals surface area contributed by atoms with Gasteiger partial charge in [0.15, 0.2) is 0 Å². The van der Waals surface area contributed by atoms with E-state index in [1.807, 2.05) is 26.0 Å². The molecular weight excluding hydrogens is 201 g/mol. The molecule has 0 aromatic heterocycles. The van der Waals surface area contributed by atoms with E-state index in [4.69, 9.17) is 11.6 Å². The summed E-state index contributed by atoms with van der Waals surface area (Å²) in [6.45, 7) is 3.59. The van der Waals surface area contributed by atoms with Crippen LogP contribution in [0.3, 0.4) is 0 Å². The van der Waals surface area contributed by atoms with Gasteiger partial charge in [-0.3, -0.25) is 0 Å². The zero-order valence-electron chi connectivity index (χ0n) is 8.43. The molecule has 1 N–H and O–H groups in total. The predicted molar refractivity (Wildman–Crippen MR) is 58.4 cm³/mol. The number of rotatable bonds is 4. The smallest absolute Gasteiger partial charge is 0.109 e. The molecule has 0 saturated carbocycles. The van der Waals surface area contributed by atoms with E-state index in [0.29, 0.717) is 5.02 Å². The van der Waals surface area contributed by atoms with Crippen LogP contribution in [0.1, 0.15) is 25.5 Å². The minimum atomic E-state index is -0.403. The van der Waals surface area contributed by atoms with E-state index < -0.39 is 6.67 Å². The monoisotopic (exact) mass is 215 g/mol. The number of hydrogen-bond acceptors (Lipinski definition) is 1. The molecule has 0 bridgehead atoms. The van der Waals surface area contributed by atoms with Gasteiger partial charge in [-0.2, -0.15) is 0 Å². The van der Waals surface area contributed by atoms with Crippen molar-refractivity contribution in [1.82, 2.24) is 5.32 Å². The summed E-state index contributed by atoms with van der Waals surface area (Å²) in [7, 11) is 0. The average molecular weight is 216 g/mol. The Labute approximate surface area is 89.3 Å². The second-order valence-corrected chi connectivity index (χ2v) is 4.02. The fourth-order valence-corrected chi connectivity index (χ4v) is 1.45. The van der Waals surface area contributed by atoms with E-state index in [1.54, 1.807) is 12.1 Å². The van der Waals surface area contributed by atoms with Crippen molar-refractivity contribution in [2.75, 3.05) is 6.67 Å². The van der Waals surface area contributed by atoms with Crippen molar-refractivity contribution >= 4 is 11.6 Å². The quantitative estimate of drug-likeness (QED) is 0.812. The van der Waals surface area contributed by atoms with Crippen LogP contribution < -0.4 is 5.32 Å². The molecule has 0 spiro atoms. The number of benzene rings is 1. The van der Waals surface area contributed by atoms with Gasteiger partial charge in [0.1, 0.15) is 6.67 Å². The lowest BCUT2D eigenvalue weighted by atomic mass is 10.1. The van der Waals surface area contributed by atoms with E-state index >= 15 is 0 Å². The fourth-order valence-electron chi connectivity index (χ4n) is 1.33. The van der Waals surface area contributed by atoms with Crippen LogP contribution in [-0.2, 0) is 0 Å². The average Bonchev–Trinajstić information content (AvgIpc) is 2.15. The molecule has 0 aliphatic carbocycles. The van der Waals surface area contributed by atoms with Crippen LogP contribution in [0.15, 0.2) is 24.3 Å². The van der Waals surface area contributed by atoms with E-state index in [9.17, 15) is 4.39 Å². The zero-order chi connectivity index (χ0) is 10.6. The minimum absolute atomic E-state index is 0.229. The van der Waals surface area contributed by atoms with Crippen LogP contribution >= 0.6 is 11.6 Å². The molecule has 0 aliphatic rings. The maximum atomic E-state index is 12.7. The molecule has 1 atom stereocenters. The van der Waals surface area contributed by atoms with E-state index in [2.05, 4.69) is 5.32 Å². The first-order chi connectivity index (χ1) is 6.63. The van der Waals surface area contributed by atoms with Crippen molar-refractivity contribution < 1.29 is 4.39 Å². The summed E-state index contributed by atoms with van der Waals surface area (Å²) in [5, 5.41) is 3.82. The molecule has 0 amide bonds. The molecule has 14 heavy (non-hydrogen) atoms. The molecule has 78 valence electrons. The van der Waals surface area contributed by atoms with Gasteiger partial charge < -0.3 is 5.32 Å². The van der Waals surface area contributed by atoms with Crippen molar-refractivity contribution in [2.45, 2.75) is 25.9 Å². The van der Waals surface area contributed by atoms with Gasteiger partial charge >= 0.3 is 0 Å². The molecule has 0 heterocycles. The second-order valence-electron chi connectivity index (χ2n) is 3.58. The van der Waals surface area contributed by atoms with Gasteiger partial charge in [-0.25, -0.2) is 4.39 Å². The van der Waals surface area contributed by atoms with Crippen LogP contribution in [0.5, 0.6) is 0 Å². The van der Waals surface area contributed by atoms with Gasteiger partial charge in [0.2, 0.25) is 0 Å². The third-order valence-corrected chi connectivity index (χ3v) is 2.21. The van der Waals surface area contributed by atoms with E-state index in [0.717, 1.165) is 5.56 Å². The highest BCUT2D eigenvalue weighted by Crippen LogP contribution is 2.17. The summed E-state index contributed by atoms with van der Waals surface area (Å²) < 4.78 is 12.7. The lowest BCUT2D eigenvalue weighted by Crippen LogP contribution is -2.29. The Bertz CT molecular complexity index is 271. The van der Waals surface area contributed by atoms with Gasteiger partial charge in [0.25, 0.3) is 0 Å². The van der Waals surface area contributed by atoms with Crippen LogP contribution in [0, 0.1) is 0 Å². The third kappa shape index (κ3) is 3.28. The molecule has 0 saturated heterocycles. The van der Waals surface area contributed by atoms with E-state index in [-0.39, 0.29) is 12.1 Å². The fraction of sp³-hybridized carbons (Fsp3) is 0.455. The molecule has 0 radical (unpaired) electrons. The lowest BCUT2D eigenvalue weighted by Gasteiger charge is -2.18. The van der Waals surface area contributed by atoms with Crippen LogP contribution in [0.4, 0.5) is 4.39 Å². The standard InChI is InChI=1S/C11H15ClFN/c1-8(2)14-11(7-13)9-3-5-10(12)6-4-9/h3-6,8,11,14H,7H2,1-2H3. The van der Waals surface area contributed by atoms with Crippen LogP contribution in [0.25, 0.3) is 0 Å². The highest BCUT2D eigenvalue weighted by atomic mass is 35.5. The third-order valence-electron chi connectivity index (χ3n) is 1.96. The van der Waals surface area contributed by atoms with Crippen LogP contribution in [0.2, 0.25) is 5.02 Å². The van der Waals surface area contributed by atoms with Crippen molar-refractivity contribution in [2.24, 2.45) is 0 Å². The Morgan fingerprint density at radius 2 is 1.86 bits per heavy atom. The highest BCUT2D eigenvalue weighted by Gasteiger charge is 2.11. The minimum Gasteiger partial charge on any atom is -0.306 e. The van der Waals surface area contributed by atoms with Crippen molar-refractivity contribution in [3.05, 3.63) is 34.9 Å². The zero-order valence-corrected chi connectivity index (χ0v) is 9.18. The predicted octanol–water partition coefficient (Wildman–Crippen LogP) is 3.35. The van der Waals surface area contributed by atoms with Crippen molar-refractivity contribution in [3.63, 3.8) is 0 Å². The maximum absolute atomic E-state index is 12.7. The molecule has 1 aromatic carbocycles. The number of alkyl halides is 1. The van der Waals surface area contributed by atoms with Gasteiger partial charge in [-0.1, -0.05) is 37.6 Å². The number of halogens is 2. The number of nitrogens with one attached hydrogen (secondary N) is 1. The lowest BCUT2D eigenvalue weighted by molar-refractivity contribution is 0.362.